The van der Waals surface area contributed by atoms with Gasteiger partial charge in [0.2, 0.25) is 11.8 Å². The fourth-order valence-electron chi connectivity index (χ4n) is 2.96. The van der Waals surface area contributed by atoms with E-state index in [4.69, 9.17) is 4.74 Å². The van der Waals surface area contributed by atoms with Crippen molar-refractivity contribution in [3.8, 4) is 11.6 Å². The van der Waals surface area contributed by atoms with Crippen LogP contribution in [0.4, 0.5) is 19.1 Å². The molecule has 1 aromatic heterocycles. The van der Waals surface area contributed by atoms with Crippen LogP contribution in [-0.4, -0.2) is 42.4 Å². The first-order chi connectivity index (χ1) is 13.1. The van der Waals surface area contributed by atoms with Gasteiger partial charge in [0, 0.05) is 18.8 Å². The lowest BCUT2D eigenvalue weighted by molar-refractivity contribution is -0.139. The van der Waals surface area contributed by atoms with E-state index in [-0.39, 0.29) is 17.7 Å². The van der Waals surface area contributed by atoms with E-state index < -0.39 is 24.8 Å². The van der Waals surface area contributed by atoms with Gasteiger partial charge in [-0.1, -0.05) is 12.1 Å². The van der Waals surface area contributed by atoms with Crippen LogP contribution in [0.2, 0.25) is 0 Å². The Bertz CT molecular complexity index is 879. The molecule has 1 saturated heterocycles. The number of piperidine rings is 1. The Morgan fingerprint density at radius 1 is 1.29 bits per heavy atom. The van der Waals surface area contributed by atoms with Gasteiger partial charge in [-0.2, -0.15) is 18.2 Å². The molecule has 2 heterocycles. The third kappa shape index (κ3) is 5.02. The minimum absolute atomic E-state index is 0.0251. The van der Waals surface area contributed by atoms with Crippen molar-refractivity contribution < 1.29 is 22.5 Å². The Balaban J connectivity index is 1.96. The first-order valence-electron chi connectivity index (χ1n) is 8.88. The van der Waals surface area contributed by atoms with Gasteiger partial charge in [-0.3, -0.25) is 0 Å². The normalized spacial score (nSPS) is 18.0. The maximum absolute atomic E-state index is 13.4. The molecule has 3 rings (SSSR count). The van der Waals surface area contributed by atoms with Gasteiger partial charge in [-0.15, -0.1) is 0 Å². The second-order valence-corrected chi connectivity index (χ2v) is 10.2. The Labute approximate surface area is 161 Å². The molecule has 1 aliphatic heterocycles. The number of anilines is 1. The summed E-state index contributed by atoms with van der Waals surface area (Å²) in [6, 6.07) is 6.36. The van der Waals surface area contributed by atoms with Crippen LogP contribution in [0, 0.1) is 0 Å². The Hall–Kier alpha value is -2.12. The summed E-state index contributed by atoms with van der Waals surface area (Å²) in [6.45, 7) is 4.65. The lowest BCUT2D eigenvalue weighted by Gasteiger charge is -2.24. The van der Waals surface area contributed by atoms with Gasteiger partial charge in [-0.05, 0) is 44.8 Å². The average Bonchev–Trinajstić information content (AvgIpc) is 2.61. The summed E-state index contributed by atoms with van der Waals surface area (Å²) in [5.41, 5.74) is -1.09. The van der Waals surface area contributed by atoms with Gasteiger partial charge in [0.15, 0.2) is 0 Å². The van der Waals surface area contributed by atoms with E-state index in [0.29, 0.717) is 18.0 Å². The molecule has 0 saturated carbocycles. The van der Waals surface area contributed by atoms with Crippen LogP contribution in [0.3, 0.4) is 0 Å². The number of alkyl halides is 3. The first kappa shape index (κ1) is 20.6. The van der Waals surface area contributed by atoms with Crippen molar-refractivity contribution in [3.05, 3.63) is 36.0 Å². The number of nitrogens with zero attached hydrogens (tertiary/aromatic N) is 2. The fourth-order valence-corrected chi connectivity index (χ4v) is 4.05. The Morgan fingerprint density at radius 2 is 2.04 bits per heavy atom. The molecule has 0 aliphatic carbocycles. The monoisotopic (exact) mass is 414 g/mol. The number of rotatable bonds is 5. The average molecular weight is 414 g/mol. The molecule has 0 unspecified atom stereocenters. The van der Waals surface area contributed by atoms with Crippen molar-refractivity contribution in [1.82, 2.24) is 15.3 Å². The second kappa shape index (κ2) is 8.09. The highest BCUT2D eigenvalue weighted by Gasteiger charge is 2.37. The summed E-state index contributed by atoms with van der Waals surface area (Å²) < 4.78 is 58.3. The maximum atomic E-state index is 13.4. The van der Waals surface area contributed by atoms with Crippen LogP contribution < -0.4 is 20.7 Å². The molecule has 1 atom stereocenters. The van der Waals surface area contributed by atoms with Gasteiger partial charge in [0.25, 0.3) is 0 Å². The highest BCUT2D eigenvalue weighted by Crippen LogP contribution is 2.41. The van der Waals surface area contributed by atoms with Crippen molar-refractivity contribution in [2.75, 3.05) is 31.7 Å². The summed E-state index contributed by atoms with van der Waals surface area (Å²) in [7, 11) is -2.76. The number of para-hydroxylation sites is 1. The highest BCUT2D eigenvalue weighted by molar-refractivity contribution is 7.70. The molecule has 10 heteroatoms. The van der Waals surface area contributed by atoms with Crippen LogP contribution >= 0.6 is 7.14 Å². The second-order valence-electron chi connectivity index (χ2n) is 7.02. The number of benzene rings is 1. The highest BCUT2D eigenvalue weighted by atomic mass is 31.2. The third-order valence-electron chi connectivity index (χ3n) is 4.34. The SMILES string of the molecule is CP(C)(=O)c1ccccc1Oc1nc(N[C@H]2CCCNC2)ncc1C(F)(F)F. The minimum Gasteiger partial charge on any atom is -0.437 e. The maximum Gasteiger partial charge on any atom is 0.423 e. The van der Waals surface area contributed by atoms with Crippen molar-refractivity contribution in [2.24, 2.45) is 0 Å². The summed E-state index contributed by atoms with van der Waals surface area (Å²) in [4.78, 5) is 7.78. The molecule has 28 heavy (non-hydrogen) atoms. The smallest absolute Gasteiger partial charge is 0.423 e. The van der Waals surface area contributed by atoms with Crippen LogP contribution in [0.25, 0.3) is 0 Å². The van der Waals surface area contributed by atoms with Gasteiger partial charge >= 0.3 is 6.18 Å². The molecule has 1 aliphatic rings. The third-order valence-corrected chi connectivity index (χ3v) is 5.87. The van der Waals surface area contributed by atoms with Crippen molar-refractivity contribution in [3.63, 3.8) is 0 Å². The van der Waals surface area contributed by atoms with E-state index in [1.807, 2.05) is 0 Å². The van der Waals surface area contributed by atoms with Crippen molar-refractivity contribution in [1.29, 1.82) is 0 Å². The fraction of sp³-hybridized carbons (Fsp3) is 0.444. The van der Waals surface area contributed by atoms with Crippen LogP contribution in [0.1, 0.15) is 18.4 Å². The number of ether oxygens (including phenoxy) is 1. The molecular formula is C18H22F3N4O2P. The summed E-state index contributed by atoms with van der Waals surface area (Å²) in [6.07, 6.45) is -2.15. The Kier molecular flexibility index (Phi) is 5.95. The molecule has 0 amide bonds. The minimum atomic E-state index is -4.68. The lowest BCUT2D eigenvalue weighted by Crippen LogP contribution is -2.38. The quantitative estimate of drug-likeness (QED) is 0.727. The van der Waals surface area contributed by atoms with E-state index in [9.17, 15) is 17.7 Å². The largest absolute Gasteiger partial charge is 0.437 e. The van der Waals surface area contributed by atoms with Gasteiger partial charge in [0.1, 0.15) is 18.5 Å². The zero-order valence-corrected chi connectivity index (χ0v) is 16.5. The molecular weight excluding hydrogens is 392 g/mol. The molecule has 1 fully saturated rings. The number of nitrogens with one attached hydrogen (secondary N) is 2. The Morgan fingerprint density at radius 3 is 2.68 bits per heavy atom. The van der Waals surface area contributed by atoms with Crippen LogP contribution in [0.5, 0.6) is 11.6 Å². The lowest BCUT2D eigenvalue weighted by atomic mass is 10.1. The molecule has 152 valence electrons. The molecule has 2 aromatic rings. The zero-order valence-electron chi connectivity index (χ0n) is 15.6. The molecule has 1 aromatic carbocycles. The van der Waals surface area contributed by atoms with E-state index in [2.05, 4.69) is 20.6 Å². The van der Waals surface area contributed by atoms with Crippen molar-refractivity contribution in [2.45, 2.75) is 25.1 Å². The molecule has 0 spiro atoms. The molecule has 0 radical (unpaired) electrons. The van der Waals surface area contributed by atoms with Crippen LogP contribution in [0.15, 0.2) is 30.5 Å². The zero-order chi connectivity index (χ0) is 20.4. The molecule has 6 nitrogen and oxygen atoms in total. The molecule has 2 N–H and O–H groups in total. The summed E-state index contributed by atoms with van der Waals surface area (Å²) in [5, 5.41) is 6.61. The number of halogens is 3. The summed E-state index contributed by atoms with van der Waals surface area (Å²) in [5.74, 6) is -0.467. The number of hydrogen-bond acceptors (Lipinski definition) is 6. The van der Waals surface area contributed by atoms with Gasteiger partial charge < -0.3 is 19.9 Å². The van der Waals surface area contributed by atoms with E-state index in [0.717, 1.165) is 19.4 Å². The molecule has 0 bridgehead atoms. The van der Waals surface area contributed by atoms with E-state index in [1.165, 1.54) is 19.4 Å². The number of aromatic nitrogens is 2. The predicted octanol–water partition coefficient (Wildman–Crippen LogP) is 3.70. The topological polar surface area (TPSA) is 76.1 Å². The van der Waals surface area contributed by atoms with E-state index in [1.54, 1.807) is 18.2 Å². The predicted molar refractivity (Wildman–Crippen MR) is 102 cm³/mol. The summed E-state index contributed by atoms with van der Waals surface area (Å²) >= 11 is 0. The first-order valence-corrected chi connectivity index (χ1v) is 11.5. The van der Waals surface area contributed by atoms with Crippen molar-refractivity contribution >= 4 is 18.4 Å². The standard InChI is InChI=1S/C18H22F3N4O2P/c1-28(2,26)15-8-4-3-7-14(15)27-16-13(18(19,20)21)11-23-17(25-16)24-12-6-5-9-22-10-12/h3-4,7-8,11-12,22H,5-6,9-10H2,1-2H3,(H,23,24,25)/t12-/m0/s1. The number of hydrogen-bond donors (Lipinski definition) is 2. The van der Waals surface area contributed by atoms with Gasteiger partial charge in [-0.25, -0.2) is 4.98 Å². The van der Waals surface area contributed by atoms with Crippen LogP contribution in [-0.2, 0) is 10.7 Å². The van der Waals surface area contributed by atoms with Gasteiger partial charge in [0.05, 0.1) is 5.30 Å². The van der Waals surface area contributed by atoms with E-state index >= 15 is 0 Å².